The summed E-state index contributed by atoms with van der Waals surface area (Å²) in [4.78, 5) is 15.8. The highest BCUT2D eigenvalue weighted by Crippen LogP contribution is 2.42. The molecule has 5 heteroatoms. The number of amides is 1. The van der Waals surface area contributed by atoms with Crippen LogP contribution in [0, 0.1) is 0 Å². The molecule has 0 radical (unpaired) electrons. The van der Waals surface area contributed by atoms with Gasteiger partial charge in [0.1, 0.15) is 5.76 Å². The number of nitrogens with zero attached hydrogens (tertiary/aromatic N) is 1. The minimum absolute atomic E-state index is 0.0709. The van der Waals surface area contributed by atoms with Gasteiger partial charge in [0.05, 0.1) is 17.9 Å². The molecule has 0 unspecified atom stereocenters. The van der Waals surface area contributed by atoms with Crippen LogP contribution in [0.3, 0.4) is 0 Å². The van der Waals surface area contributed by atoms with Crippen LogP contribution in [0.5, 0.6) is 0 Å². The maximum Gasteiger partial charge on any atom is 0.257 e. The lowest BCUT2D eigenvalue weighted by atomic mass is 10.0. The lowest BCUT2D eigenvalue weighted by molar-refractivity contribution is 0.0668. The summed E-state index contributed by atoms with van der Waals surface area (Å²) in [5.41, 5.74) is 0.727. The second kappa shape index (κ2) is 6.13. The molecule has 23 heavy (non-hydrogen) atoms. The number of hydrogen-bond donors (Lipinski definition) is 1. The SMILES string of the molecule is O=C(c1ccoc1C1CC1)N1CCC[C@@H]1C[C@@H](O)c1cccs1. The number of hydrogen-bond acceptors (Lipinski definition) is 4. The van der Waals surface area contributed by atoms with E-state index in [1.54, 1.807) is 23.7 Å². The minimum atomic E-state index is -0.486. The Balaban J connectivity index is 1.48. The molecule has 2 aromatic rings. The molecule has 3 heterocycles. The molecule has 122 valence electrons. The van der Waals surface area contributed by atoms with E-state index in [1.807, 2.05) is 22.4 Å². The molecule has 0 aromatic carbocycles. The summed E-state index contributed by atoms with van der Waals surface area (Å²) in [7, 11) is 0. The predicted octanol–water partition coefficient (Wildman–Crippen LogP) is 3.95. The van der Waals surface area contributed by atoms with Crippen LogP contribution in [0.4, 0.5) is 0 Å². The van der Waals surface area contributed by atoms with Gasteiger partial charge in [-0.05, 0) is 49.6 Å². The van der Waals surface area contributed by atoms with Crippen molar-refractivity contribution in [1.82, 2.24) is 4.90 Å². The van der Waals surface area contributed by atoms with E-state index in [2.05, 4.69) is 0 Å². The lowest BCUT2D eigenvalue weighted by Gasteiger charge is -2.26. The number of thiophene rings is 1. The van der Waals surface area contributed by atoms with Crippen molar-refractivity contribution in [1.29, 1.82) is 0 Å². The first-order valence-corrected chi connectivity index (χ1v) is 9.22. The fraction of sp³-hybridized carbons (Fsp3) is 0.500. The van der Waals surface area contributed by atoms with E-state index < -0.39 is 6.10 Å². The van der Waals surface area contributed by atoms with E-state index in [0.717, 1.165) is 48.4 Å². The largest absolute Gasteiger partial charge is 0.468 e. The van der Waals surface area contributed by atoms with E-state index in [0.29, 0.717) is 12.3 Å². The Labute approximate surface area is 139 Å². The third-order valence-electron chi connectivity index (χ3n) is 4.88. The van der Waals surface area contributed by atoms with Crippen molar-refractivity contribution in [3.05, 3.63) is 46.0 Å². The quantitative estimate of drug-likeness (QED) is 0.902. The highest BCUT2D eigenvalue weighted by molar-refractivity contribution is 7.10. The Hall–Kier alpha value is -1.59. The number of furan rings is 1. The van der Waals surface area contributed by atoms with Crippen molar-refractivity contribution >= 4 is 17.2 Å². The zero-order valence-electron chi connectivity index (χ0n) is 13.0. The minimum Gasteiger partial charge on any atom is -0.468 e. The third kappa shape index (κ3) is 2.95. The van der Waals surface area contributed by atoms with Gasteiger partial charge in [-0.1, -0.05) is 6.07 Å². The number of carbonyl (C=O) groups excluding carboxylic acids is 1. The summed E-state index contributed by atoms with van der Waals surface area (Å²) >= 11 is 1.57. The van der Waals surface area contributed by atoms with Gasteiger partial charge in [0.15, 0.2) is 0 Å². The topological polar surface area (TPSA) is 53.7 Å². The molecule has 2 aromatic heterocycles. The maximum absolute atomic E-state index is 12.9. The van der Waals surface area contributed by atoms with E-state index in [-0.39, 0.29) is 11.9 Å². The molecule has 2 fully saturated rings. The van der Waals surface area contributed by atoms with E-state index in [4.69, 9.17) is 4.42 Å². The zero-order chi connectivity index (χ0) is 15.8. The Morgan fingerprint density at radius 2 is 2.26 bits per heavy atom. The van der Waals surface area contributed by atoms with Crippen LogP contribution < -0.4 is 0 Å². The molecule has 1 saturated heterocycles. The van der Waals surface area contributed by atoms with Crippen molar-refractivity contribution < 1.29 is 14.3 Å². The standard InChI is InChI=1S/C18H21NO3S/c20-15(16-4-2-10-23-16)11-13-3-1-8-19(13)18(21)14-7-9-22-17(14)12-5-6-12/h2,4,7,9-10,12-13,15,20H,1,3,5-6,8,11H2/t13-,15-/m1/s1. The van der Waals surface area contributed by atoms with Crippen molar-refractivity contribution in [2.24, 2.45) is 0 Å². The Morgan fingerprint density at radius 3 is 3.00 bits per heavy atom. The normalized spacial score (nSPS) is 22.5. The molecule has 1 aliphatic carbocycles. The van der Waals surface area contributed by atoms with Gasteiger partial charge in [-0.2, -0.15) is 0 Å². The van der Waals surface area contributed by atoms with E-state index >= 15 is 0 Å². The number of likely N-dealkylation sites (tertiary alicyclic amines) is 1. The first-order chi connectivity index (χ1) is 11.2. The Morgan fingerprint density at radius 1 is 1.39 bits per heavy atom. The predicted molar refractivity (Wildman–Crippen MR) is 88.6 cm³/mol. The van der Waals surface area contributed by atoms with Crippen LogP contribution in [0.25, 0.3) is 0 Å². The van der Waals surface area contributed by atoms with Crippen molar-refractivity contribution in [2.45, 2.75) is 50.2 Å². The Bertz CT molecular complexity index is 674. The lowest BCUT2D eigenvalue weighted by Crippen LogP contribution is -2.36. The van der Waals surface area contributed by atoms with Crippen molar-refractivity contribution in [3.63, 3.8) is 0 Å². The molecule has 2 atom stereocenters. The molecular weight excluding hydrogens is 310 g/mol. The fourth-order valence-electron chi connectivity index (χ4n) is 3.52. The summed E-state index contributed by atoms with van der Waals surface area (Å²) in [5.74, 6) is 1.36. The molecule has 1 N–H and O–H groups in total. The monoisotopic (exact) mass is 331 g/mol. The van der Waals surface area contributed by atoms with Gasteiger partial charge in [0, 0.05) is 23.4 Å². The number of rotatable bonds is 5. The van der Waals surface area contributed by atoms with Crippen molar-refractivity contribution in [2.75, 3.05) is 6.54 Å². The molecule has 4 nitrogen and oxygen atoms in total. The van der Waals surface area contributed by atoms with Crippen LogP contribution in [-0.2, 0) is 0 Å². The van der Waals surface area contributed by atoms with Crippen LogP contribution in [-0.4, -0.2) is 28.5 Å². The van der Waals surface area contributed by atoms with Gasteiger partial charge in [-0.25, -0.2) is 0 Å². The van der Waals surface area contributed by atoms with Gasteiger partial charge < -0.3 is 14.4 Å². The first-order valence-electron chi connectivity index (χ1n) is 8.34. The zero-order valence-corrected chi connectivity index (χ0v) is 13.8. The molecular formula is C18H21NO3S. The maximum atomic E-state index is 12.9. The molecule has 2 aliphatic rings. The fourth-order valence-corrected chi connectivity index (χ4v) is 4.24. The van der Waals surface area contributed by atoms with Crippen molar-refractivity contribution in [3.8, 4) is 0 Å². The summed E-state index contributed by atoms with van der Waals surface area (Å²) < 4.78 is 5.55. The van der Waals surface area contributed by atoms with Gasteiger partial charge in [0.25, 0.3) is 5.91 Å². The van der Waals surface area contributed by atoms with Crippen LogP contribution >= 0.6 is 11.3 Å². The molecule has 1 saturated carbocycles. The number of carbonyl (C=O) groups is 1. The number of aliphatic hydroxyl groups excluding tert-OH is 1. The highest BCUT2D eigenvalue weighted by Gasteiger charge is 2.36. The van der Waals surface area contributed by atoms with Crippen LogP contribution in [0.1, 0.15) is 65.1 Å². The van der Waals surface area contributed by atoms with Crippen LogP contribution in [0.2, 0.25) is 0 Å². The van der Waals surface area contributed by atoms with Gasteiger partial charge in [0.2, 0.25) is 0 Å². The van der Waals surface area contributed by atoms with E-state index in [1.165, 1.54) is 0 Å². The van der Waals surface area contributed by atoms with Gasteiger partial charge in [-0.15, -0.1) is 11.3 Å². The smallest absolute Gasteiger partial charge is 0.257 e. The third-order valence-corrected chi connectivity index (χ3v) is 5.85. The Kier molecular flexibility index (Phi) is 3.99. The first kappa shape index (κ1) is 15.0. The summed E-state index contributed by atoms with van der Waals surface area (Å²) in [5, 5.41) is 12.4. The van der Waals surface area contributed by atoms with Gasteiger partial charge in [-0.3, -0.25) is 4.79 Å². The molecule has 0 bridgehead atoms. The second-order valence-corrected chi connectivity index (χ2v) is 7.51. The summed E-state index contributed by atoms with van der Waals surface area (Å²) in [6, 6.07) is 5.83. The van der Waals surface area contributed by atoms with Gasteiger partial charge >= 0.3 is 0 Å². The number of aliphatic hydroxyl groups is 1. The average Bonchev–Trinajstić information content (AvgIpc) is 3.03. The second-order valence-electron chi connectivity index (χ2n) is 6.53. The average molecular weight is 331 g/mol. The summed E-state index contributed by atoms with van der Waals surface area (Å²) in [6.07, 6.45) is 5.97. The summed E-state index contributed by atoms with van der Waals surface area (Å²) in [6.45, 7) is 0.774. The molecule has 1 aliphatic heterocycles. The van der Waals surface area contributed by atoms with E-state index in [9.17, 15) is 9.90 Å². The van der Waals surface area contributed by atoms with Crippen LogP contribution in [0.15, 0.2) is 34.3 Å². The molecule has 1 amide bonds. The molecule has 0 spiro atoms. The highest BCUT2D eigenvalue weighted by atomic mass is 32.1. The molecule has 4 rings (SSSR count).